The van der Waals surface area contributed by atoms with E-state index in [4.69, 9.17) is 0 Å². The van der Waals surface area contributed by atoms with Crippen molar-refractivity contribution < 1.29 is 79.0 Å². The number of alkyl halides is 16. The predicted molar refractivity (Wildman–Crippen MR) is 47.0 cm³/mol. The topological polar surface area (TPSA) is 6.48 Å². The van der Waals surface area contributed by atoms with Gasteiger partial charge in [0.15, 0.2) is 0 Å². The highest BCUT2D eigenvalue weighted by molar-refractivity contribution is 5.18. The summed E-state index contributed by atoms with van der Waals surface area (Å²) >= 11 is 0. The van der Waals surface area contributed by atoms with Gasteiger partial charge in [-0.2, -0.15) is 48.8 Å². The van der Waals surface area contributed by atoms with Gasteiger partial charge in [-0.15, -0.1) is 26.3 Å². The molecule has 0 saturated carbocycles. The molecule has 0 aromatic rings. The third-order valence-electron chi connectivity index (χ3n) is 2.37. The van der Waals surface area contributed by atoms with Gasteiger partial charge < -0.3 is 0 Å². The van der Waals surface area contributed by atoms with Crippen molar-refractivity contribution in [2.75, 3.05) is 0 Å². The van der Waals surface area contributed by atoms with E-state index in [1.54, 1.807) is 0 Å². The highest BCUT2D eigenvalue weighted by Crippen LogP contribution is 2.54. The molecule has 0 bridgehead atoms. The first-order chi connectivity index (χ1) is 11.8. The Labute approximate surface area is 139 Å². The van der Waals surface area contributed by atoms with Crippen molar-refractivity contribution in [3.8, 4) is 0 Å². The van der Waals surface area contributed by atoms with Gasteiger partial charge in [0.2, 0.25) is 11.8 Å². The number of rotatable bonds is 3. The smallest absolute Gasteiger partial charge is 0.207 e. The Bertz CT molecular complexity index is 557. The van der Waals surface area contributed by atoms with Gasteiger partial charge in [0.1, 0.15) is 0 Å². The monoisotopic (exact) mass is 466 g/mol. The first-order valence-corrected chi connectivity index (χ1v) is 5.49. The Morgan fingerprint density at radius 3 is 0.929 bits per heavy atom. The van der Waals surface area contributed by atoms with Crippen LogP contribution in [0.5, 0.6) is 0 Å². The Balaban J connectivity index is 7.19. The molecule has 0 amide bonds. The number of halogens is 18. The molecule has 28 heavy (non-hydrogen) atoms. The molecule has 0 fully saturated rings. The maximum Gasteiger partial charge on any atom is 0.493 e. The van der Waals surface area contributed by atoms with Gasteiger partial charge in [-0.05, 0) is 0 Å². The molecule has 0 spiro atoms. The lowest BCUT2D eigenvalue weighted by Gasteiger charge is -2.39. The first kappa shape index (κ1) is 26.2. The lowest BCUT2D eigenvalue weighted by Crippen LogP contribution is -2.66. The second kappa shape index (κ2) is 6.94. The van der Waals surface area contributed by atoms with E-state index in [-0.39, 0.29) is 0 Å². The molecule has 0 saturated heterocycles. The first-order valence-electron chi connectivity index (χ1n) is 5.49. The zero-order valence-corrected chi connectivity index (χ0v) is 11.7. The Kier molecular flexibility index (Phi) is 6.50. The Morgan fingerprint density at radius 2 is 0.750 bits per heavy atom. The molecule has 168 valence electrons. The van der Waals surface area contributed by atoms with Gasteiger partial charge in [-0.3, -0.25) is 0 Å². The van der Waals surface area contributed by atoms with Gasteiger partial charge in [-0.25, -0.2) is 8.78 Å². The van der Waals surface area contributed by atoms with Crippen LogP contribution in [-0.4, -0.2) is 47.0 Å². The van der Waals surface area contributed by atoms with Crippen LogP contribution < -0.4 is 0 Å². The van der Waals surface area contributed by atoms with Crippen LogP contribution in [0.25, 0.3) is 0 Å². The lowest BCUT2D eigenvalue weighted by molar-refractivity contribution is -0.450. The largest absolute Gasteiger partial charge is 0.493 e. The normalized spacial score (nSPS) is 18.1. The minimum absolute atomic E-state index is 3.90. The van der Waals surface area contributed by atoms with E-state index in [1.807, 2.05) is 0 Å². The fourth-order valence-corrected chi connectivity index (χ4v) is 1.44. The molecule has 2 nitrogen and oxygen atoms in total. The number of nitrogens with zero attached hydrogens (tertiary/aromatic N) is 2. The van der Waals surface area contributed by atoms with Crippen molar-refractivity contribution in [1.29, 1.82) is 0 Å². The van der Waals surface area contributed by atoms with Crippen molar-refractivity contribution >= 4 is 0 Å². The lowest BCUT2D eigenvalue weighted by atomic mass is 10.1. The molecule has 0 heterocycles. The van der Waals surface area contributed by atoms with Crippen molar-refractivity contribution in [2.45, 2.75) is 37.2 Å². The zero-order valence-electron chi connectivity index (χ0n) is 11.7. The highest BCUT2D eigenvalue weighted by Gasteiger charge is 2.78. The van der Waals surface area contributed by atoms with Crippen molar-refractivity contribution in [2.24, 2.45) is 0 Å². The fraction of sp³-hybridized carbons (Fsp3) is 0.750. The summed E-state index contributed by atoms with van der Waals surface area (Å²) in [6.07, 6.45) is -37.8. The number of hydrogen-bond donors (Lipinski definition) is 0. The van der Waals surface area contributed by atoms with Crippen LogP contribution in [0.4, 0.5) is 79.0 Å². The third kappa shape index (κ3) is 4.99. The molecule has 1 atom stereocenters. The van der Waals surface area contributed by atoms with E-state index in [9.17, 15) is 79.0 Å². The molecule has 1 unspecified atom stereocenters. The molecular weight excluding hydrogens is 466 g/mol. The number of hydrogen-bond acceptors (Lipinski definition) is 2. The quantitative estimate of drug-likeness (QED) is 0.372. The van der Waals surface area contributed by atoms with E-state index >= 15 is 0 Å². The summed E-state index contributed by atoms with van der Waals surface area (Å²) in [5.41, 5.74) is 0. The molecule has 20 heteroatoms. The third-order valence-corrected chi connectivity index (χ3v) is 2.37. The average molecular weight is 466 g/mol. The second-order valence-corrected chi connectivity index (χ2v) is 4.27. The maximum absolute atomic E-state index is 13.7. The Morgan fingerprint density at radius 1 is 0.464 bits per heavy atom. The molecule has 0 rings (SSSR count). The van der Waals surface area contributed by atoms with Gasteiger partial charge >= 0.3 is 37.2 Å². The van der Waals surface area contributed by atoms with Crippen molar-refractivity contribution in [3.05, 3.63) is 11.8 Å². The summed E-state index contributed by atoms with van der Waals surface area (Å²) < 4.78 is 223. The molecule has 0 aliphatic rings. The predicted octanol–water partition coefficient (Wildman–Crippen LogP) is 6.01. The average Bonchev–Trinajstić information content (AvgIpc) is 2.28. The van der Waals surface area contributed by atoms with Gasteiger partial charge in [0, 0.05) is 0 Å². The summed E-state index contributed by atoms with van der Waals surface area (Å²) in [4.78, 5) is -8.30. The summed E-state index contributed by atoms with van der Waals surface area (Å²) in [5, 5.41) is 0. The molecule has 0 N–H and O–H groups in total. The zero-order chi connectivity index (χ0) is 23.3. The second-order valence-electron chi connectivity index (χ2n) is 4.27. The molecule has 0 aliphatic heterocycles. The minimum Gasteiger partial charge on any atom is -0.207 e. The standard InChI is InChI=1S/C8F18N2/c9-1(2(10)27(5(15,16)17)6(18,19)20)3(11,4(12,13)14)28(7(21,22)23)8(24,25)26. The van der Waals surface area contributed by atoms with E-state index in [1.165, 1.54) is 0 Å². The summed E-state index contributed by atoms with van der Waals surface area (Å²) in [7, 11) is 0. The van der Waals surface area contributed by atoms with Crippen LogP contribution >= 0.6 is 0 Å². The van der Waals surface area contributed by atoms with Crippen LogP contribution in [-0.2, 0) is 0 Å². The van der Waals surface area contributed by atoms with E-state index < -0.39 is 58.7 Å². The highest BCUT2D eigenvalue weighted by atomic mass is 19.4. The van der Waals surface area contributed by atoms with Crippen LogP contribution in [0.2, 0.25) is 0 Å². The van der Waals surface area contributed by atoms with Crippen molar-refractivity contribution in [1.82, 2.24) is 9.80 Å². The van der Waals surface area contributed by atoms with Crippen molar-refractivity contribution in [3.63, 3.8) is 0 Å². The Hall–Kier alpha value is -1.76. The van der Waals surface area contributed by atoms with E-state index in [0.717, 1.165) is 0 Å². The van der Waals surface area contributed by atoms with Crippen LogP contribution in [0.1, 0.15) is 0 Å². The SMILES string of the molecule is FC(=C(F)C(F)(N(C(F)(F)F)C(F)(F)F)C(F)(F)F)N(C(F)(F)F)C(F)(F)F. The maximum atomic E-state index is 13.7. The van der Waals surface area contributed by atoms with Gasteiger partial charge in [0.25, 0.3) is 0 Å². The van der Waals surface area contributed by atoms with E-state index in [0.29, 0.717) is 0 Å². The van der Waals surface area contributed by atoms with Crippen LogP contribution in [0.15, 0.2) is 11.8 Å². The fourth-order valence-electron chi connectivity index (χ4n) is 1.44. The molecule has 0 aromatic carbocycles. The molecule has 0 radical (unpaired) electrons. The van der Waals surface area contributed by atoms with Gasteiger partial charge in [-0.1, -0.05) is 4.90 Å². The summed E-state index contributed by atoms with van der Waals surface area (Å²) in [6.45, 7) is 0. The van der Waals surface area contributed by atoms with Crippen LogP contribution in [0, 0.1) is 0 Å². The molecule has 0 aliphatic carbocycles. The summed E-state index contributed by atoms with van der Waals surface area (Å²) in [6, 6.07) is 0. The van der Waals surface area contributed by atoms with E-state index in [2.05, 4.69) is 0 Å². The minimum atomic E-state index is -7.90. The van der Waals surface area contributed by atoms with Gasteiger partial charge in [0.05, 0.1) is 0 Å². The molecular formula is C8F18N2. The summed E-state index contributed by atoms with van der Waals surface area (Å²) in [5.74, 6) is -18.4. The molecule has 0 aromatic heterocycles. The van der Waals surface area contributed by atoms with Crippen LogP contribution in [0.3, 0.4) is 0 Å².